The molecule has 0 radical (unpaired) electrons. The number of thioether (sulfide) groups is 1. The van der Waals surface area contributed by atoms with E-state index in [1.807, 2.05) is 81.1 Å². The lowest BCUT2D eigenvalue weighted by Crippen LogP contribution is -2.41. The lowest BCUT2D eigenvalue weighted by Gasteiger charge is -2.34. The van der Waals surface area contributed by atoms with E-state index in [2.05, 4.69) is 10.4 Å². The zero-order valence-corrected chi connectivity index (χ0v) is 23.4. The molecule has 2 heterocycles. The molecule has 2 amide bonds. The van der Waals surface area contributed by atoms with Gasteiger partial charge in [0, 0.05) is 34.6 Å². The van der Waals surface area contributed by atoms with Gasteiger partial charge in [0.25, 0.3) is 5.91 Å². The Kier molecular flexibility index (Phi) is 8.19. The number of nitrogens with zero attached hydrogens (tertiary/aromatic N) is 3. The fourth-order valence-electron chi connectivity index (χ4n) is 4.41. The summed E-state index contributed by atoms with van der Waals surface area (Å²) in [6.45, 7) is 8.62. The van der Waals surface area contributed by atoms with Crippen LogP contribution in [0.15, 0.2) is 53.6 Å². The maximum atomic E-state index is 13.5. The second-order valence-electron chi connectivity index (χ2n) is 10.2. The van der Waals surface area contributed by atoms with Gasteiger partial charge in [0.05, 0.1) is 23.1 Å². The summed E-state index contributed by atoms with van der Waals surface area (Å²) in [4.78, 5) is 28.9. The number of ether oxygens (including phenoxy) is 1. The average molecular weight is 541 g/mol. The number of aryl methyl sites for hydroxylation is 1. The van der Waals surface area contributed by atoms with Gasteiger partial charge in [-0.05, 0) is 82.7 Å². The van der Waals surface area contributed by atoms with Gasteiger partial charge in [0.15, 0.2) is 0 Å². The lowest BCUT2D eigenvalue weighted by atomic mass is 9.90. The van der Waals surface area contributed by atoms with E-state index >= 15 is 0 Å². The van der Waals surface area contributed by atoms with Gasteiger partial charge in [-0.3, -0.25) is 4.79 Å². The first kappa shape index (κ1) is 27.1. The molecule has 1 aliphatic rings. The van der Waals surface area contributed by atoms with Crippen molar-refractivity contribution in [2.24, 2.45) is 0 Å². The van der Waals surface area contributed by atoms with Crippen molar-refractivity contribution in [3.05, 3.63) is 70.5 Å². The van der Waals surface area contributed by atoms with E-state index < -0.39 is 5.60 Å². The highest BCUT2D eigenvalue weighted by Gasteiger charge is 2.32. The van der Waals surface area contributed by atoms with Crippen LogP contribution in [0.1, 0.15) is 61.1 Å². The van der Waals surface area contributed by atoms with Crippen molar-refractivity contribution in [2.45, 2.75) is 57.0 Å². The second kappa shape index (κ2) is 11.2. The Balaban J connectivity index is 1.64. The summed E-state index contributed by atoms with van der Waals surface area (Å²) < 4.78 is 7.37. The molecule has 1 N–H and O–H groups in total. The van der Waals surface area contributed by atoms with Gasteiger partial charge in [0.1, 0.15) is 5.60 Å². The van der Waals surface area contributed by atoms with E-state index in [0.29, 0.717) is 36.5 Å². The second-order valence-corrected chi connectivity index (χ2v) is 11.5. The van der Waals surface area contributed by atoms with Gasteiger partial charge in [0.2, 0.25) is 0 Å². The Hall–Kier alpha value is -2.97. The Morgan fingerprint density at radius 3 is 2.51 bits per heavy atom. The Morgan fingerprint density at radius 2 is 1.86 bits per heavy atom. The quantitative estimate of drug-likeness (QED) is 0.355. The number of likely N-dealkylation sites (tertiary alicyclic amines) is 1. The number of halogens is 1. The Morgan fingerprint density at radius 1 is 1.14 bits per heavy atom. The molecule has 37 heavy (non-hydrogen) atoms. The first-order chi connectivity index (χ1) is 17.6. The van der Waals surface area contributed by atoms with Gasteiger partial charge >= 0.3 is 6.09 Å². The highest BCUT2D eigenvalue weighted by molar-refractivity contribution is 7.98. The first-order valence-electron chi connectivity index (χ1n) is 12.3. The molecule has 1 saturated heterocycles. The molecule has 0 unspecified atom stereocenters. The Bertz CT molecular complexity index is 1290. The molecule has 1 aliphatic heterocycles. The number of piperidine rings is 1. The minimum absolute atomic E-state index is 0.0274. The van der Waals surface area contributed by atoms with Gasteiger partial charge < -0.3 is 15.0 Å². The van der Waals surface area contributed by atoms with Crippen molar-refractivity contribution in [1.82, 2.24) is 14.7 Å². The van der Waals surface area contributed by atoms with Gasteiger partial charge in [-0.25, -0.2) is 9.48 Å². The molecule has 0 saturated carbocycles. The van der Waals surface area contributed by atoms with Crippen LogP contribution in [-0.2, 0) is 4.74 Å². The predicted molar refractivity (Wildman–Crippen MR) is 149 cm³/mol. The number of carbonyl (C=O) groups is 2. The molecule has 1 aromatic heterocycles. The van der Waals surface area contributed by atoms with Crippen molar-refractivity contribution in [1.29, 1.82) is 0 Å². The molecule has 4 rings (SSSR count). The first-order valence-corrected chi connectivity index (χ1v) is 13.9. The van der Waals surface area contributed by atoms with Crippen LogP contribution in [0.2, 0.25) is 5.02 Å². The third-order valence-corrected chi connectivity index (χ3v) is 7.44. The molecule has 0 bridgehead atoms. The lowest BCUT2D eigenvalue weighted by molar-refractivity contribution is 0.0203. The van der Waals surface area contributed by atoms with E-state index in [-0.39, 0.29) is 17.9 Å². The number of aromatic nitrogens is 2. The van der Waals surface area contributed by atoms with Crippen LogP contribution >= 0.6 is 23.4 Å². The molecule has 0 atom stereocenters. The molecule has 196 valence electrons. The normalized spacial score (nSPS) is 14.5. The van der Waals surface area contributed by atoms with E-state index in [0.717, 1.165) is 27.5 Å². The van der Waals surface area contributed by atoms with Crippen molar-refractivity contribution >= 4 is 41.1 Å². The maximum Gasteiger partial charge on any atom is 0.410 e. The molecule has 9 heteroatoms. The summed E-state index contributed by atoms with van der Waals surface area (Å²) in [6, 6.07) is 13.5. The summed E-state index contributed by atoms with van der Waals surface area (Å²) >= 11 is 8.05. The van der Waals surface area contributed by atoms with Crippen LogP contribution in [0.4, 0.5) is 10.5 Å². The zero-order chi connectivity index (χ0) is 26.7. The van der Waals surface area contributed by atoms with E-state index in [1.54, 1.807) is 22.9 Å². The fourth-order valence-corrected chi connectivity index (χ4v) is 5.04. The molecule has 2 aromatic carbocycles. The number of carbonyl (C=O) groups excluding carboxylic acids is 2. The summed E-state index contributed by atoms with van der Waals surface area (Å²) in [6.07, 6.45) is 4.69. The van der Waals surface area contributed by atoms with Gasteiger partial charge in [-0.1, -0.05) is 23.7 Å². The largest absolute Gasteiger partial charge is 0.444 e. The minimum atomic E-state index is -0.546. The number of anilines is 1. The average Bonchev–Trinajstić information content (AvgIpc) is 3.30. The van der Waals surface area contributed by atoms with Crippen molar-refractivity contribution in [3.8, 4) is 5.69 Å². The smallest absolute Gasteiger partial charge is 0.410 e. The SMILES string of the molecule is CSc1cccc(NC(=O)c2cnn(-c3ccc(C)c(Cl)c3)c2C2CCN(C(=O)OC(C)(C)C)CC2)c1. The summed E-state index contributed by atoms with van der Waals surface area (Å²) in [5.74, 6) is -0.188. The van der Waals surface area contributed by atoms with E-state index in [9.17, 15) is 9.59 Å². The van der Waals surface area contributed by atoms with Gasteiger partial charge in [-0.2, -0.15) is 5.10 Å². The zero-order valence-electron chi connectivity index (χ0n) is 21.9. The van der Waals surface area contributed by atoms with Crippen molar-refractivity contribution in [3.63, 3.8) is 0 Å². The maximum absolute atomic E-state index is 13.5. The van der Waals surface area contributed by atoms with Crippen molar-refractivity contribution < 1.29 is 14.3 Å². The third kappa shape index (κ3) is 6.48. The van der Waals surface area contributed by atoms with E-state index in [4.69, 9.17) is 16.3 Å². The number of amides is 2. The monoisotopic (exact) mass is 540 g/mol. The topological polar surface area (TPSA) is 76.5 Å². The molecule has 0 spiro atoms. The van der Waals surface area contributed by atoms with Crippen LogP contribution in [-0.4, -0.2) is 51.6 Å². The summed E-state index contributed by atoms with van der Waals surface area (Å²) in [5, 5.41) is 8.29. The van der Waals surface area contributed by atoms with Crippen LogP contribution in [0.3, 0.4) is 0 Å². The molecule has 3 aromatic rings. The number of hydrogen-bond donors (Lipinski definition) is 1. The number of hydrogen-bond acceptors (Lipinski definition) is 5. The van der Waals surface area contributed by atoms with E-state index in [1.165, 1.54) is 0 Å². The van der Waals surface area contributed by atoms with Crippen LogP contribution in [0.5, 0.6) is 0 Å². The highest BCUT2D eigenvalue weighted by atomic mass is 35.5. The van der Waals surface area contributed by atoms with Crippen LogP contribution < -0.4 is 5.32 Å². The number of rotatable bonds is 5. The molecule has 7 nitrogen and oxygen atoms in total. The number of benzene rings is 2. The Labute approximate surface area is 227 Å². The predicted octanol–water partition coefficient (Wildman–Crippen LogP) is 6.92. The summed E-state index contributed by atoms with van der Waals surface area (Å²) in [7, 11) is 0. The third-order valence-electron chi connectivity index (χ3n) is 6.31. The van der Waals surface area contributed by atoms with Gasteiger partial charge in [-0.15, -0.1) is 11.8 Å². The molecule has 0 aliphatic carbocycles. The molecular weight excluding hydrogens is 508 g/mol. The van der Waals surface area contributed by atoms with Crippen LogP contribution in [0, 0.1) is 6.92 Å². The minimum Gasteiger partial charge on any atom is -0.444 e. The summed E-state index contributed by atoms with van der Waals surface area (Å²) in [5.41, 5.74) is 3.29. The number of nitrogens with one attached hydrogen (secondary N) is 1. The van der Waals surface area contributed by atoms with Crippen molar-refractivity contribution in [2.75, 3.05) is 24.7 Å². The molecule has 1 fully saturated rings. The standard InChI is InChI=1S/C28H33ClN4O3S/c1-18-9-10-21(16-24(18)29)33-25(19-11-13-32(14-12-19)27(35)36-28(2,3)4)23(17-30-33)26(34)31-20-7-6-8-22(15-20)37-5/h6-10,15-17,19H,11-14H2,1-5H3,(H,31,34). The fraction of sp³-hybridized carbons (Fsp3) is 0.393. The molecular formula is C28H33ClN4O3S. The highest BCUT2D eigenvalue weighted by Crippen LogP contribution is 2.34. The van der Waals surface area contributed by atoms with Crippen LogP contribution in [0.25, 0.3) is 5.69 Å².